The molecule has 2 fully saturated rings. The maximum atomic E-state index is 13.8. The first-order valence-corrected chi connectivity index (χ1v) is 13.3. The van der Waals surface area contributed by atoms with Crippen LogP contribution in [0.15, 0.2) is 35.2 Å². The molecule has 2 heterocycles. The van der Waals surface area contributed by atoms with Crippen molar-refractivity contribution < 1.29 is 35.9 Å². The van der Waals surface area contributed by atoms with Gasteiger partial charge in [0, 0.05) is 30.7 Å². The molecule has 2 unspecified atom stereocenters. The van der Waals surface area contributed by atoms with E-state index < -0.39 is 61.8 Å². The van der Waals surface area contributed by atoms with Gasteiger partial charge in [0.1, 0.15) is 11.4 Å². The van der Waals surface area contributed by atoms with E-state index in [0.29, 0.717) is 18.9 Å². The highest BCUT2D eigenvalue weighted by Gasteiger charge is 2.45. The minimum atomic E-state index is -5.01. The smallest absolute Gasteiger partial charge is 0.420 e. The van der Waals surface area contributed by atoms with E-state index in [1.807, 2.05) is 0 Å². The maximum Gasteiger partial charge on any atom is 0.420 e. The lowest BCUT2D eigenvalue weighted by atomic mass is 10.1. The second-order valence-electron chi connectivity index (χ2n) is 10.3. The zero-order valence-corrected chi connectivity index (χ0v) is 21.8. The number of phenols is 1. The Balaban J connectivity index is 1.72. The normalized spacial score (nSPS) is 20.4. The van der Waals surface area contributed by atoms with Gasteiger partial charge in [0.05, 0.1) is 21.2 Å². The van der Waals surface area contributed by atoms with Crippen LogP contribution in [0.5, 0.6) is 5.75 Å². The molecule has 0 spiro atoms. The summed E-state index contributed by atoms with van der Waals surface area (Å²) in [6.07, 6.45) is -4.00. The molecule has 2 aliphatic heterocycles. The van der Waals surface area contributed by atoms with Crippen LogP contribution in [0.2, 0.25) is 5.02 Å². The average Bonchev–Trinajstić information content (AvgIpc) is 2.99. The number of nitrogens with zero attached hydrogens (tertiary/aromatic N) is 2. The predicted octanol–water partition coefficient (Wildman–Crippen LogP) is 4.77. The summed E-state index contributed by atoms with van der Waals surface area (Å²) in [5.74, 6) is -2.12. The van der Waals surface area contributed by atoms with Gasteiger partial charge in [0.15, 0.2) is 5.75 Å². The Morgan fingerprint density at radius 3 is 2.19 bits per heavy atom. The van der Waals surface area contributed by atoms with Crippen LogP contribution in [0.1, 0.15) is 49.5 Å². The van der Waals surface area contributed by atoms with Gasteiger partial charge in [-0.1, -0.05) is 11.6 Å². The van der Waals surface area contributed by atoms with Crippen molar-refractivity contribution in [3.8, 4) is 5.75 Å². The molecule has 1 amide bonds. The Kier molecular flexibility index (Phi) is 6.92. The number of carbonyl (C=O) groups excluding carboxylic acids is 1. The second kappa shape index (κ2) is 9.32. The summed E-state index contributed by atoms with van der Waals surface area (Å²) in [4.78, 5) is 15.5. The van der Waals surface area contributed by atoms with E-state index in [0.717, 1.165) is 18.2 Å². The summed E-state index contributed by atoms with van der Waals surface area (Å²) in [5.41, 5.74) is -2.58. The van der Waals surface area contributed by atoms with Crippen LogP contribution in [0.3, 0.4) is 0 Å². The van der Waals surface area contributed by atoms with Crippen molar-refractivity contribution in [3.05, 3.63) is 52.3 Å². The van der Waals surface area contributed by atoms with Gasteiger partial charge in [-0.15, -0.1) is 0 Å². The number of likely N-dealkylation sites (tertiary alicyclic amines) is 1. The van der Waals surface area contributed by atoms with Gasteiger partial charge >= 0.3 is 6.18 Å². The van der Waals surface area contributed by atoms with E-state index in [-0.39, 0.29) is 29.4 Å². The lowest BCUT2D eigenvalue weighted by Gasteiger charge is -2.43. The van der Waals surface area contributed by atoms with Crippen molar-refractivity contribution in [1.82, 2.24) is 9.62 Å². The first-order valence-electron chi connectivity index (χ1n) is 11.5. The molecule has 0 aromatic heterocycles. The highest BCUT2D eigenvalue weighted by atomic mass is 35.5. The third-order valence-corrected chi connectivity index (χ3v) is 8.38. The molecular weight excluding hydrogens is 538 g/mol. The number of fused-ring (bicyclic) bond motifs is 2. The number of benzene rings is 2. The highest BCUT2D eigenvalue weighted by Crippen LogP contribution is 2.47. The topological polar surface area (TPSA) is 90.0 Å². The molecule has 4 rings (SSSR count). The number of carbonyl (C=O) groups is 1. The summed E-state index contributed by atoms with van der Waals surface area (Å²) in [6.45, 7) is 4.86. The zero-order valence-electron chi connectivity index (χ0n) is 20.2. The van der Waals surface area contributed by atoms with Crippen LogP contribution in [-0.4, -0.2) is 55.0 Å². The number of nitrogens with one attached hydrogen (secondary N) is 1. The Labute approximate surface area is 217 Å². The molecule has 0 radical (unpaired) electrons. The number of phenolic OH excluding ortho intramolecular Hbond substituents is 1. The van der Waals surface area contributed by atoms with Gasteiger partial charge in [-0.25, -0.2) is 17.5 Å². The number of alkyl halides is 3. The third kappa shape index (κ3) is 5.51. The molecule has 2 aromatic carbocycles. The Morgan fingerprint density at radius 2 is 1.68 bits per heavy atom. The van der Waals surface area contributed by atoms with E-state index in [9.17, 15) is 35.9 Å². The Bertz CT molecular complexity index is 1330. The summed E-state index contributed by atoms with van der Waals surface area (Å²) < 4.78 is 83.2. The zero-order chi connectivity index (χ0) is 27.5. The van der Waals surface area contributed by atoms with Crippen LogP contribution in [0, 0.1) is 5.82 Å². The number of rotatable bonds is 4. The highest BCUT2D eigenvalue weighted by molar-refractivity contribution is 7.89. The quantitative estimate of drug-likeness (QED) is 0.523. The van der Waals surface area contributed by atoms with Crippen molar-refractivity contribution in [3.63, 3.8) is 0 Å². The molecule has 37 heavy (non-hydrogen) atoms. The number of anilines is 1. The van der Waals surface area contributed by atoms with Gasteiger partial charge in [-0.3, -0.25) is 4.79 Å². The number of amides is 1. The van der Waals surface area contributed by atoms with Crippen LogP contribution >= 0.6 is 11.6 Å². The molecule has 7 nitrogen and oxygen atoms in total. The molecule has 2 atom stereocenters. The number of sulfonamides is 1. The summed E-state index contributed by atoms with van der Waals surface area (Å²) >= 11 is 6.04. The first-order chi connectivity index (χ1) is 17.0. The molecule has 202 valence electrons. The molecule has 0 saturated carbocycles. The maximum absolute atomic E-state index is 13.8. The molecule has 2 saturated heterocycles. The van der Waals surface area contributed by atoms with Gasteiger partial charge < -0.3 is 14.9 Å². The summed E-state index contributed by atoms with van der Waals surface area (Å²) in [6, 6.07) is 3.90. The monoisotopic (exact) mass is 563 g/mol. The number of hydrogen-bond acceptors (Lipinski definition) is 5. The molecular formula is C24H26ClF4N3O4S. The number of piperazine rings is 1. The van der Waals surface area contributed by atoms with Crippen LogP contribution in [0.4, 0.5) is 23.2 Å². The van der Waals surface area contributed by atoms with E-state index in [1.54, 1.807) is 25.7 Å². The van der Waals surface area contributed by atoms with Crippen LogP contribution in [-0.2, 0) is 16.2 Å². The average molecular weight is 564 g/mol. The van der Waals surface area contributed by atoms with Crippen molar-refractivity contribution in [2.75, 3.05) is 18.0 Å². The number of hydrogen-bond donors (Lipinski definition) is 2. The van der Waals surface area contributed by atoms with Gasteiger partial charge in [0.2, 0.25) is 10.0 Å². The molecule has 2 aliphatic rings. The van der Waals surface area contributed by atoms with E-state index in [1.165, 1.54) is 11.0 Å². The predicted molar refractivity (Wildman–Crippen MR) is 130 cm³/mol. The fraction of sp³-hybridized carbons (Fsp3) is 0.458. The van der Waals surface area contributed by atoms with Crippen molar-refractivity contribution in [1.29, 1.82) is 0 Å². The number of aromatic hydroxyl groups is 1. The molecule has 0 aliphatic carbocycles. The fourth-order valence-corrected chi connectivity index (χ4v) is 6.63. The van der Waals surface area contributed by atoms with Crippen molar-refractivity contribution >= 4 is 33.2 Å². The van der Waals surface area contributed by atoms with Crippen LogP contribution < -0.4 is 9.62 Å². The van der Waals surface area contributed by atoms with Crippen molar-refractivity contribution in [2.24, 2.45) is 0 Å². The minimum Gasteiger partial charge on any atom is -0.505 e. The first kappa shape index (κ1) is 27.5. The van der Waals surface area contributed by atoms with E-state index in [2.05, 4.69) is 4.72 Å². The molecule has 2 bridgehead atoms. The third-order valence-electron chi connectivity index (χ3n) is 6.33. The SMILES string of the molecule is CC(C)(C)NS(=O)(=O)c1cc(N2C3CCC2CN(C(=O)c2ccc(F)cc2Cl)C3)c(O)c(C(F)(F)F)c1. The molecule has 2 N–H and O–H groups in total. The van der Waals surface area contributed by atoms with E-state index >= 15 is 0 Å². The standard InChI is InChI=1S/C24H26ClF4N3O4S/c1-23(2,3)30-37(35,36)16-9-18(24(27,28)29)21(33)20(10-16)32-14-5-6-15(32)12-31(11-14)22(34)17-7-4-13(26)8-19(17)25/h4,7-10,14-15,30,33H,5-6,11-12H2,1-3H3. The van der Waals surface area contributed by atoms with E-state index in [4.69, 9.17) is 11.6 Å². The molecule has 13 heteroatoms. The van der Waals surface area contributed by atoms with Crippen molar-refractivity contribution in [2.45, 2.75) is 62.3 Å². The van der Waals surface area contributed by atoms with Gasteiger partial charge in [-0.2, -0.15) is 13.2 Å². The Hall–Kier alpha value is -2.57. The fourth-order valence-electron chi connectivity index (χ4n) is 4.92. The Morgan fingerprint density at radius 1 is 1.08 bits per heavy atom. The lowest BCUT2D eigenvalue weighted by Crippen LogP contribution is -2.55. The van der Waals surface area contributed by atoms with Crippen LogP contribution in [0.25, 0.3) is 0 Å². The van der Waals surface area contributed by atoms with Gasteiger partial charge in [-0.05, 0) is 63.9 Å². The largest absolute Gasteiger partial charge is 0.505 e. The summed E-state index contributed by atoms with van der Waals surface area (Å²) in [5, 5.41) is 10.6. The summed E-state index contributed by atoms with van der Waals surface area (Å²) in [7, 11) is -4.36. The van der Waals surface area contributed by atoms with Gasteiger partial charge in [0.25, 0.3) is 5.91 Å². The molecule has 2 aromatic rings. The minimum absolute atomic E-state index is 0.0588. The second-order valence-corrected chi connectivity index (χ2v) is 12.4. The number of halogens is 5. The lowest BCUT2D eigenvalue weighted by molar-refractivity contribution is -0.138.